The van der Waals surface area contributed by atoms with E-state index in [1.54, 1.807) is 36.4 Å². The molecule has 7 nitrogen and oxygen atoms in total. The highest BCUT2D eigenvalue weighted by Crippen LogP contribution is 2.15. The molecule has 7 heteroatoms. The average molecular weight is 281 g/mol. The average Bonchev–Trinajstić information content (AvgIpc) is 3.04. The molecule has 104 valence electrons. The summed E-state index contributed by atoms with van der Waals surface area (Å²) in [7, 11) is 0. The fourth-order valence-corrected chi connectivity index (χ4v) is 1.82. The van der Waals surface area contributed by atoms with Crippen molar-refractivity contribution < 1.29 is 9.90 Å². The second-order valence-corrected chi connectivity index (χ2v) is 4.31. The lowest BCUT2D eigenvalue weighted by atomic mass is 10.2. The van der Waals surface area contributed by atoms with Crippen molar-refractivity contribution in [3.05, 3.63) is 60.4 Å². The lowest BCUT2D eigenvalue weighted by Crippen LogP contribution is -2.12. The third-order valence-corrected chi connectivity index (χ3v) is 2.85. The Bertz CT molecular complexity index is 753. The van der Waals surface area contributed by atoms with E-state index in [4.69, 9.17) is 0 Å². The van der Waals surface area contributed by atoms with Gasteiger partial charge in [0.2, 0.25) is 0 Å². The monoisotopic (exact) mass is 281 g/mol. The zero-order chi connectivity index (χ0) is 14.7. The summed E-state index contributed by atoms with van der Waals surface area (Å²) < 4.78 is 1.47. The summed E-state index contributed by atoms with van der Waals surface area (Å²) in [6, 6.07) is 13.2. The fourth-order valence-electron chi connectivity index (χ4n) is 1.82. The van der Waals surface area contributed by atoms with Crippen molar-refractivity contribution in [1.29, 1.82) is 0 Å². The van der Waals surface area contributed by atoms with E-state index in [1.165, 1.54) is 23.1 Å². The predicted molar refractivity (Wildman–Crippen MR) is 75.2 cm³/mol. The van der Waals surface area contributed by atoms with Gasteiger partial charge in [-0.3, -0.25) is 4.79 Å². The summed E-state index contributed by atoms with van der Waals surface area (Å²) in [5, 5.41) is 22.9. The van der Waals surface area contributed by atoms with Crippen LogP contribution in [0.1, 0.15) is 10.4 Å². The number of carbonyl (C=O) groups is 1. The smallest absolute Gasteiger partial charge is 0.255 e. The Morgan fingerprint density at radius 2 is 1.95 bits per heavy atom. The molecular weight excluding hydrogens is 270 g/mol. The number of amides is 1. The van der Waals surface area contributed by atoms with Gasteiger partial charge in [-0.15, -0.1) is 5.10 Å². The maximum Gasteiger partial charge on any atom is 0.255 e. The first kappa shape index (κ1) is 12.8. The molecule has 2 aromatic carbocycles. The number of hydrogen-bond donors (Lipinski definition) is 2. The number of carbonyl (C=O) groups excluding carboxylic acids is 1. The Labute approximate surface area is 119 Å². The van der Waals surface area contributed by atoms with Gasteiger partial charge in [0.15, 0.2) is 0 Å². The molecule has 3 rings (SSSR count). The first-order chi connectivity index (χ1) is 10.2. The lowest BCUT2D eigenvalue weighted by molar-refractivity contribution is 0.102. The number of phenols is 1. The molecule has 0 aliphatic carbocycles. The van der Waals surface area contributed by atoms with Crippen LogP contribution in [0.3, 0.4) is 0 Å². The summed E-state index contributed by atoms with van der Waals surface area (Å²) in [5.74, 6) is -0.107. The van der Waals surface area contributed by atoms with Gasteiger partial charge in [0.1, 0.15) is 12.1 Å². The van der Waals surface area contributed by atoms with Crippen LogP contribution in [0, 0.1) is 0 Å². The maximum absolute atomic E-state index is 12.2. The summed E-state index contributed by atoms with van der Waals surface area (Å²) >= 11 is 0. The van der Waals surface area contributed by atoms with E-state index in [-0.39, 0.29) is 11.7 Å². The topological polar surface area (TPSA) is 92.9 Å². The highest BCUT2D eigenvalue weighted by Gasteiger charge is 2.08. The minimum Gasteiger partial charge on any atom is -0.508 e. The number of anilines is 1. The molecule has 3 aromatic rings. The number of rotatable bonds is 3. The van der Waals surface area contributed by atoms with E-state index < -0.39 is 0 Å². The first-order valence-corrected chi connectivity index (χ1v) is 6.16. The fraction of sp³-hybridized carbons (Fsp3) is 0. The van der Waals surface area contributed by atoms with Crippen LogP contribution < -0.4 is 5.32 Å². The van der Waals surface area contributed by atoms with Crippen molar-refractivity contribution in [2.24, 2.45) is 0 Å². The summed E-state index contributed by atoms with van der Waals surface area (Å²) in [5.41, 5.74) is 1.78. The zero-order valence-corrected chi connectivity index (χ0v) is 10.8. The van der Waals surface area contributed by atoms with Gasteiger partial charge in [0.25, 0.3) is 5.91 Å². The Balaban J connectivity index is 1.81. The minimum absolute atomic E-state index is 0.147. The number of hydrogen-bond acceptors (Lipinski definition) is 5. The van der Waals surface area contributed by atoms with Crippen molar-refractivity contribution in [3.8, 4) is 11.4 Å². The zero-order valence-electron chi connectivity index (χ0n) is 10.8. The lowest BCUT2D eigenvalue weighted by Gasteiger charge is -2.06. The molecule has 0 bridgehead atoms. The van der Waals surface area contributed by atoms with Crippen LogP contribution in [0.4, 0.5) is 5.69 Å². The molecule has 2 N–H and O–H groups in total. The van der Waals surface area contributed by atoms with Crippen molar-refractivity contribution in [1.82, 2.24) is 20.2 Å². The van der Waals surface area contributed by atoms with E-state index in [1.807, 2.05) is 0 Å². The molecule has 0 spiro atoms. The summed E-state index contributed by atoms with van der Waals surface area (Å²) in [6.07, 6.45) is 1.46. The van der Waals surface area contributed by atoms with Crippen molar-refractivity contribution in [3.63, 3.8) is 0 Å². The quantitative estimate of drug-likeness (QED) is 0.712. The van der Waals surface area contributed by atoms with Crippen molar-refractivity contribution in [2.45, 2.75) is 0 Å². The van der Waals surface area contributed by atoms with Crippen LogP contribution in [0.15, 0.2) is 54.9 Å². The van der Waals surface area contributed by atoms with E-state index in [2.05, 4.69) is 20.8 Å². The third-order valence-electron chi connectivity index (χ3n) is 2.85. The van der Waals surface area contributed by atoms with Gasteiger partial charge in [-0.25, -0.2) is 4.68 Å². The molecule has 0 saturated carbocycles. The summed E-state index contributed by atoms with van der Waals surface area (Å²) in [6.45, 7) is 0. The van der Waals surface area contributed by atoms with Crippen LogP contribution in [0.5, 0.6) is 5.75 Å². The van der Waals surface area contributed by atoms with Gasteiger partial charge in [0.05, 0.1) is 5.69 Å². The highest BCUT2D eigenvalue weighted by molar-refractivity contribution is 6.04. The van der Waals surface area contributed by atoms with E-state index in [9.17, 15) is 9.90 Å². The molecule has 0 atom stereocenters. The Hall–Kier alpha value is -3.22. The first-order valence-electron chi connectivity index (χ1n) is 6.16. The van der Waals surface area contributed by atoms with Crippen LogP contribution >= 0.6 is 0 Å². The van der Waals surface area contributed by atoms with Crippen molar-refractivity contribution in [2.75, 3.05) is 5.32 Å². The largest absolute Gasteiger partial charge is 0.508 e. The van der Waals surface area contributed by atoms with Crippen LogP contribution in [-0.4, -0.2) is 31.2 Å². The SMILES string of the molecule is O=C(Nc1ccc(O)cc1)c1cccc(-n2cnnn2)c1. The molecule has 1 aromatic heterocycles. The van der Waals surface area contributed by atoms with Gasteiger partial charge in [-0.2, -0.15) is 0 Å². The van der Waals surface area contributed by atoms with Gasteiger partial charge >= 0.3 is 0 Å². The molecule has 0 aliphatic rings. The van der Waals surface area contributed by atoms with Crippen molar-refractivity contribution >= 4 is 11.6 Å². The minimum atomic E-state index is -0.254. The number of aromatic nitrogens is 4. The maximum atomic E-state index is 12.2. The molecule has 21 heavy (non-hydrogen) atoms. The molecule has 0 saturated heterocycles. The number of nitrogens with one attached hydrogen (secondary N) is 1. The number of aromatic hydroxyl groups is 1. The number of tetrazole rings is 1. The molecular formula is C14H11N5O2. The molecule has 0 aliphatic heterocycles. The van der Waals surface area contributed by atoms with E-state index in [0.717, 1.165) is 0 Å². The van der Waals surface area contributed by atoms with Crippen LogP contribution in [0.25, 0.3) is 5.69 Å². The van der Waals surface area contributed by atoms with E-state index in [0.29, 0.717) is 16.9 Å². The van der Waals surface area contributed by atoms with Crippen LogP contribution in [0.2, 0.25) is 0 Å². The van der Waals surface area contributed by atoms with Gasteiger partial charge < -0.3 is 10.4 Å². The molecule has 1 heterocycles. The Morgan fingerprint density at radius 1 is 1.14 bits per heavy atom. The van der Waals surface area contributed by atoms with Gasteiger partial charge in [-0.1, -0.05) is 6.07 Å². The summed E-state index contributed by atoms with van der Waals surface area (Å²) in [4.78, 5) is 12.2. The molecule has 0 unspecified atom stereocenters. The normalized spacial score (nSPS) is 10.3. The number of benzene rings is 2. The van der Waals surface area contributed by atoms with Gasteiger partial charge in [0, 0.05) is 11.3 Å². The molecule has 0 radical (unpaired) electrons. The number of nitrogens with zero attached hydrogens (tertiary/aromatic N) is 4. The predicted octanol–water partition coefficient (Wildman–Crippen LogP) is 1.62. The second kappa shape index (κ2) is 5.41. The van der Waals surface area contributed by atoms with E-state index >= 15 is 0 Å². The molecule has 1 amide bonds. The third kappa shape index (κ3) is 2.86. The Kier molecular flexibility index (Phi) is 3.30. The highest BCUT2D eigenvalue weighted by atomic mass is 16.3. The number of phenolic OH excluding ortho intramolecular Hbond substituents is 1. The van der Waals surface area contributed by atoms with Crippen LogP contribution in [-0.2, 0) is 0 Å². The molecule has 0 fully saturated rings. The standard InChI is InChI=1S/C14H11N5O2/c20-13-6-4-11(5-7-13)16-14(21)10-2-1-3-12(8-10)19-9-15-17-18-19/h1-9,20H,(H,16,21). The van der Waals surface area contributed by atoms with Gasteiger partial charge in [-0.05, 0) is 52.9 Å². The second-order valence-electron chi connectivity index (χ2n) is 4.31. The Morgan fingerprint density at radius 3 is 2.67 bits per heavy atom.